The van der Waals surface area contributed by atoms with E-state index in [0.717, 1.165) is 41.5 Å². The maximum absolute atomic E-state index is 11.1. The molecule has 1 fully saturated rings. The van der Waals surface area contributed by atoms with Gasteiger partial charge in [-0.25, -0.2) is 0 Å². The van der Waals surface area contributed by atoms with Crippen LogP contribution in [0.1, 0.15) is 16.8 Å². The molecule has 1 aliphatic rings. The molecular weight excluding hydrogens is 280 g/mol. The van der Waals surface area contributed by atoms with Crippen LogP contribution in [0.4, 0.5) is 5.69 Å². The summed E-state index contributed by atoms with van der Waals surface area (Å²) in [5, 5.41) is 0. The first-order valence-electron chi connectivity index (χ1n) is 5.78. The van der Waals surface area contributed by atoms with E-state index in [1.54, 1.807) is 0 Å². The lowest BCUT2D eigenvalue weighted by Gasteiger charge is -2.23. The van der Waals surface area contributed by atoms with Crippen LogP contribution >= 0.6 is 15.9 Å². The van der Waals surface area contributed by atoms with Gasteiger partial charge in [-0.15, -0.1) is 0 Å². The summed E-state index contributed by atoms with van der Waals surface area (Å²) in [5.74, 6) is 0. The zero-order valence-corrected chi connectivity index (χ0v) is 11.8. The Bertz CT molecular complexity index is 420. The number of hydrogen-bond acceptors (Lipinski definition) is 3. The van der Waals surface area contributed by atoms with Gasteiger partial charge in [0.2, 0.25) is 0 Å². The van der Waals surface area contributed by atoms with E-state index < -0.39 is 0 Å². The average Bonchev–Trinajstić information content (AvgIpc) is 2.78. The van der Waals surface area contributed by atoms with Gasteiger partial charge in [-0.2, -0.15) is 0 Å². The number of carbonyl (C=O) groups is 1. The highest BCUT2D eigenvalue weighted by Gasteiger charge is 2.25. The Hall–Kier alpha value is -0.870. The largest absolute Gasteiger partial charge is 0.369 e. The highest BCUT2D eigenvalue weighted by atomic mass is 79.9. The maximum Gasteiger partial charge on any atom is 0.152 e. The summed E-state index contributed by atoms with van der Waals surface area (Å²) in [6.45, 7) is 2.01. The van der Waals surface area contributed by atoms with Crippen molar-refractivity contribution >= 4 is 27.9 Å². The third-order valence-corrected chi connectivity index (χ3v) is 3.84. The zero-order valence-electron chi connectivity index (χ0n) is 10.2. The first-order valence-corrected chi connectivity index (χ1v) is 6.57. The van der Waals surface area contributed by atoms with Crippen LogP contribution in [-0.2, 0) is 0 Å². The Kier molecular flexibility index (Phi) is 3.84. The predicted octanol–water partition coefficient (Wildman–Crippen LogP) is 2.40. The van der Waals surface area contributed by atoms with Crippen LogP contribution in [0.15, 0.2) is 22.7 Å². The fourth-order valence-electron chi connectivity index (χ4n) is 2.29. The first-order chi connectivity index (χ1) is 8.11. The third kappa shape index (κ3) is 2.69. The van der Waals surface area contributed by atoms with E-state index in [4.69, 9.17) is 0 Å². The monoisotopic (exact) mass is 296 g/mol. The van der Waals surface area contributed by atoms with E-state index in [9.17, 15) is 4.79 Å². The summed E-state index contributed by atoms with van der Waals surface area (Å²) < 4.78 is 0.951. The van der Waals surface area contributed by atoms with Gasteiger partial charge < -0.3 is 9.80 Å². The summed E-state index contributed by atoms with van der Waals surface area (Å²) in [7, 11) is 4.22. The fraction of sp³-hybridized carbons (Fsp3) is 0.462. The Morgan fingerprint density at radius 3 is 2.82 bits per heavy atom. The van der Waals surface area contributed by atoms with E-state index in [1.165, 1.54) is 0 Å². The first kappa shape index (κ1) is 12.6. The van der Waals surface area contributed by atoms with Crippen LogP contribution in [0, 0.1) is 0 Å². The minimum absolute atomic E-state index is 0.582. The third-order valence-electron chi connectivity index (χ3n) is 3.35. The van der Waals surface area contributed by atoms with Gasteiger partial charge in [0.05, 0.1) is 0 Å². The van der Waals surface area contributed by atoms with Crippen molar-refractivity contribution in [3.63, 3.8) is 0 Å². The molecule has 3 nitrogen and oxygen atoms in total. The van der Waals surface area contributed by atoms with E-state index >= 15 is 0 Å². The number of aldehydes is 1. The van der Waals surface area contributed by atoms with Gasteiger partial charge >= 0.3 is 0 Å². The molecule has 0 N–H and O–H groups in total. The number of halogens is 1. The molecule has 92 valence electrons. The minimum Gasteiger partial charge on any atom is -0.369 e. The number of nitrogens with zero attached hydrogens (tertiary/aromatic N) is 2. The van der Waals surface area contributed by atoms with E-state index in [0.29, 0.717) is 6.04 Å². The smallest absolute Gasteiger partial charge is 0.152 e. The lowest BCUT2D eigenvalue weighted by Crippen LogP contribution is -2.31. The number of likely N-dealkylation sites (N-methyl/N-ethyl adjacent to an activating group) is 1. The van der Waals surface area contributed by atoms with Gasteiger partial charge in [0.1, 0.15) is 0 Å². The molecule has 0 amide bonds. The molecule has 0 aliphatic carbocycles. The van der Waals surface area contributed by atoms with Crippen molar-refractivity contribution in [3.8, 4) is 0 Å². The Morgan fingerprint density at radius 2 is 2.24 bits per heavy atom. The van der Waals surface area contributed by atoms with Crippen LogP contribution in [0.5, 0.6) is 0 Å². The summed E-state index contributed by atoms with van der Waals surface area (Å²) in [6, 6.07) is 6.47. The Balaban J connectivity index is 2.21. The van der Waals surface area contributed by atoms with Crippen molar-refractivity contribution in [1.29, 1.82) is 0 Å². The molecule has 0 spiro atoms. The van der Waals surface area contributed by atoms with E-state index in [-0.39, 0.29) is 0 Å². The van der Waals surface area contributed by atoms with Crippen molar-refractivity contribution in [1.82, 2.24) is 4.90 Å². The normalized spacial score (nSPS) is 20.0. The molecule has 0 aromatic heterocycles. The average molecular weight is 297 g/mol. The van der Waals surface area contributed by atoms with E-state index in [2.05, 4.69) is 39.8 Å². The molecule has 2 rings (SSSR count). The second kappa shape index (κ2) is 5.19. The number of rotatable bonds is 3. The molecule has 1 aromatic carbocycles. The molecule has 4 heteroatoms. The minimum atomic E-state index is 0.582. The second-order valence-electron chi connectivity index (χ2n) is 4.67. The van der Waals surface area contributed by atoms with Gasteiger partial charge in [-0.3, -0.25) is 4.79 Å². The van der Waals surface area contributed by atoms with Gasteiger partial charge in [-0.05, 0) is 38.7 Å². The van der Waals surface area contributed by atoms with Crippen molar-refractivity contribution in [2.75, 3.05) is 32.1 Å². The molecule has 1 aliphatic heterocycles. The van der Waals surface area contributed by atoms with Crippen molar-refractivity contribution in [3.05, 3.63) is 28.2 Å². The maximum atomic E-state index is 11.1. The van der Waals surface area contributed by atoms with Crippen LogP contribution in [0.2, 0.25) is 0 Å². The Labute approximate surface area is 111 Å². The number of carbonyl (C=O) groups excluding carboxylic acids is 1. The molecule has 1 aromatic rings. The van der Waals surface area contributed by atoms with Crippen LogP contribution < -0.4 is 4.90 Å². The van der Waals surface area contributed by atoms with Gasteiger partial charge in [0.15, 0.2) is 6.29 Å². The lowest BCUT2D eigenvalue weighted by molar-refractivity contribution is 0.112. The molecular formula is C13H17BrN2O. The number of anilines is 1. The molecule has 0 bridgehead atoms. The quantitative estimate of drug-likeness (QED) is 0.801. The van der Waals surface area contributed by atoms with Crippen molar-refractivity contribution in [2.45, 2.75) is 12.5 Å². The summed E-state index contributed by atoms with van der Waals surface area (Å²) in [5.41, 5.74) is 1.81. The predicted molar refractivity (Wildman–Crippen MR) is 73.8 cm³/mol. The highest BCUT2D eigenvalue weighted by Crippen LogP contribution is 2.27. The standard InChI is InChI=1S/C13H17BrN2O/c1-15(2)12-5-6-16(8-12)13-4-3-11(14)7-10(13)9-17/h3-4,7,9,12H,5-6,8H2,1-2H3. The summed E-state index contributed by atoms with van der Waals surface area (Å²) in [6.07, 6.45) is 2.09. The van der Waals surface area contributed by atoms with Crippen molar-refractivity contribution in [2.24, 2.45) is 0 Å². The Morgan fingerprint density at radius 1 is 1.47 bits per heavy atom. The number of hydrogen-bond donors (Lipinski definition) is 0. The highest BCUT2D eigenvalue weighted by molar-refractivity contribution is 9.10. The summed E-state index contributed by atoms with van der Waals surface area (Å²) in [4.78, 5) is 15.6. The molecule has 0 radical (unpaired) electrons. The molecule has 1 unspecified atom stereocenters. The molecule has 1 heterocycles. The SMILES string of the molecule is CN(C)C1CCN(c2ccc(Br)cc2C=O)C1. The molecule has 0 saturated carbocycles. The fourth-order valence-corrected chi connectivity index (χ4v) is 2.67. The molecule has 1 saturated heterocycles. The second-order valence-corrected chi connectivity index (χ2v) is 5.59. The number of benzene rings is 1. The van der Waals surface area contributed by atoms with Gasteiger partial charge in [0.25, 0.3) is 0 Å². The summed E-state index contributed by atoms with van der Waals surface area (Å²) >= 11 is 3.40. The van der Waals surface area contributed by atoms with Crippen LogP contribution in [0.3, 0.4) is 0 Å². The van der Waals surface area contributed by atoms with Crippen LogP contribution in [-0.4, -0.2) is 44.4 Å². The van der Waals surface area contributed by atoms with Crippen LogP contribution in [0.25, 0.3) is 0 Å². The molecule has 1 atom stereocenters. The topological polar surface area (TPSA) is 23.6 Å². The van der Waals surface area contributed by atoms with E-state index in [1.807, 2.05) is 18.2 Å². The molecule has 17 heavy (non-hydrogen) atoms. The van der Waals surface area contributed by atoms with Gasteiger partial charge in [0, 0.05) is 34.9 Å². The zero-order chi connectivity index (χ0) is 12.4. The van der Waals surface area contributed by atoms with Gasteiger partial charge in [-0.1, -0.05) is 15.9 Å². The van der Waals surface area contributed by atoms with Crippen molar-refractivity contribution < 1.29 is 4.79 Å². The lowest BCUT2D eigenvalue weighted by atomic mass is 10.2.